The second-order valence-corrected chi connectivity index (χ2v) is 4.69. The molecule has 0 aromatic heterocycles. The lowest BCUT2D eigenvalue weighted by molar-refractivity contribution is -0.948. The fourth-order valence-electron chi connectivity index (χ4n) is 3.07. The topological polar surface area (TPSA) is 13.7 Å². The van der Waals surface area contributed by atoms with Crippen LogP contribution in [0.1, 0.15) is 19.8 Å². The molecule has 2 fully saturated rings. The summed E-state index contributed by atoms with van der Waals surface area (Å²) in [5.74, 6) is 0.858. The van der Waals surface area contributed by atoms with Gasteiger partial charge in [-0.3, -0.25) is 0 Å². The molecule has 0 bridgehead atoms. The van der Waals surface area contributed by atoms with Crippen molar-refractivity contribution < 1.29 is 26.6 Å². The van der Waals surface area contributed by atoms with Gasteiger partial charge in [-0.15, -0.1) is 6.58 Å². The second-order valence-electron chi connectivity index (χ2n) is 4.69. The maximum Gasteiger partial charge on any atom is 0.125 e. The predicted octanol–water partition coefficient (Wildman–Crippen LogP) is -2.74. The highest BCUT2D eigenvalue weighted by Crippen LogP contribution is 2.25. The highest BCUT2D eigenvalue weighted by Gasteiger charge is 2.49. The Labute approximate surface area is 97.1 Å². The Kier molecular flexibility index (Phi) is 4.16. The van der Waals surface area contributed by atoms with E-state index in [-0.39, 0.29) is 17.0 Å². The van der Waals surface area contributed by atoms with Gasteiger partial charge in [0.2, 0.25) is 0 Å². The number of fused-ring (bicyclic) bond motifs is 1. The zero-order chi connectivity index (χ0) is 9.31. The third kappa shape index (κ3) is 2.05. The van der Waals surface area contributed by atoms with Crippen LogP contribution in [0.5, 0.6) is 0 Å². The van der Waals surface area contributed by atoms with Gasteiger partial charge in [-0.1, -0.05) is 13.0 Å². The van der Waals surface area contributed by atoms with E-state index < -0.39 is 0 Å². The Morgan fingerprint density at radius 2 is 2.43 bits per heavy atom. The largest absolute Gasteiger partial charge is 1.00 e. The molecular formula is C11H20BrNO. The third-order valence-electron chi connectivity index (χ3n) is 3.55. The van der Waals surface area contributed by atoms with Crippen LogP contribution in [-0.4, -0.2) is 31.8 Å². The van der Waals surface area contributed by atoms with Crippen molar-refractivity contribution in [1.82, 2.24) is 0 Å². The fraction of sp³-hybridized carbons (Fsp3) is 0.818. The van der Waals surface area contributed by atoms with Gasteiger partial charge in [-0.2, -0.15) is 0 Å². The lowest BCUT2D eigenvalue weighted by Gasteiger charge is -2.38. The monoisotopic (exact) mass is 261 g/mol. The number of rotatable bonds is 2. The van der Waals surface area contributed by atoms with E-state index in [1.54, 1.807) is 4.90 Å². The second kappa shape index (κ2) is 4.77. The van der Waals surface area contributed by atoms with E-state index in [0.29, 0.717) is 5.54 Å². The van der Waals surface area contributed by atoms with E-state index in [1.807, 2.05) is 0 Å². The van der Waals surface area contributed by atoms with Crippen LogP contribution in [0.25, 0.3) is 0 Å². The Morgan fingerprint density at radius 3 is 3.14 bits per heavy atom. The molecule has 0 aromatic rings. The zero-order valence-electron chi connectivity index (χ0n) is 8.89. The van der Waals surface area contributed by atoms with Gasteiger partial charge >= 0.3 is 0 Å². The van der Waals surface area contributed by atoms with Crippen LogP contribution in [0.2, 0.25) is 0 Å². The molecule has 2 saturated heterocycles. The van der Waals surface area contributed by atoms with Gasteiger partial charge < -0.3 is 26.6 Å². The van der Waals surface area contributed by atoms with Crippen LogP contribution >= 0.6 is 0 Å². The molecule has 1 unspecified atom stereocenters. The number of nitrogens with one attached hydrogen (secondary N) is 1. The highest BCUT2D eigenvalue weighted by molar-refractivity contribution is 4.92. The van der Waals surface area contributed by atoms with Gasteiger partial charge in [0.05, 0.1) is 13.2 Å². The van der Waals surface area contributed by atoms with Crippen LogP contribution in [0.3, 0.4) is 0 Å². The molecule has 2 heterocycles. The maximum atomic E-state index is 5.62. The molecule has 3 heteroatoms. The Hall–Kier alpha value is 0.140. The zero-order valence-corrected chi connectivity index (χ0v) is 10.5. The molecule has 0 spiro atoms. The molecular weight excluding hydrogens is 242 g/mol. The summed E-state index contributed by atoms with van der Waals surface area (Å²) in [6.45, 7) is 10.6. The van der Waals surface area contributed by atoms with Gasteiger partial charge in [-0.25, -0.2) is 0 Å². The van der Waals surface area contributed by atoms with Gasteiger partial charge in [0.25, 0.3) is 0 Å². The summed E-state index contributed by atoms with van der Waals surface area (Å²) < 4.78 is 5.62. The molecule has 3 atom stereocenters. The maximum absolute atomic E-state index is 5.62. The van der Waals surface area contributed by atoms with Crippen molar-refractivity contribution in [2.75, 3.05) is 26.3 Å². The van der Waals surface area contributed by atoms with Crippen molar-refractivity contribution in [2.45, 2.75) is 25.3 Å². The normalized spacial score (nSPS) is 41.2. The van der Waals surface area contributed by atoms with Crippen LogP contribution < -0.4 is 21.9 Å². The molecule has 0 saturated carbocycles. The van der Waals surface area contributed by atoms with Gasteiger partial charge in [-0.05, 0) is 0 Å². The Balaban J connectivity index is 0.000000980. The summed E-state index contributed by atoms with van der Waals surface area (Å²) in [6.07, 6.45) is 4.49. The SMILES string of the molecule is C=CC[C@]12COCC[NH+]1C[C@@H](C)C2.[Br-]. The van der Waals surface area contributed by atoms with Gasteiger partial charge in [0.1, 0.15) is 18.7 Å². The van der Waals surface area contributed by atoms with Crippen LogP contribution in [0, 0.1) is 5.92 Å². The first-order valence-electron chi connectivity index (χ1n) is 5.31. The van der Waals surface area contributed by atoms with E-state index in [0.717, 1.165) is 25.6 Å². The first kappa shape index (κ1) is 12.2. The van der Waals surface area contributed by atoms with Crippen molar-refractivity contribution in [2.24, 2.45) is 5.92 Å². The van der Waals surface area contributed by atoms with E-state index in [9.17, 15) is 0 Å². The molecule has 0 amide bonds. The van der Waals surface area contributed by atoms with E-state index in [4.69, 9.17) is 4.74 Å². The molecule has 2 aliphatic heterocycles. The quantitative estimate of drug-likeness (QED) is 0.533. The standard InChI is InChI=1S/C11H19NO.BrH/c1-3-4-11-7-10(2)8-12(11)5-6-13-9-11;/h3,10H,1,4-9H2,2H3;1H/t10-,11-;/m0./s1. The lowest BCUT2D eigenvalue weighted by Crippen LogP contribution is -3.20. The average molecular weight is 262 g/mol. The molecule has 2 aliphatic rings. The van der Waals surface area contributed by atoms with Gasteiger partial charge in [0, 0.05) is 18.8 Å². The highest BCUT2D eigenvalue weighted by atomic mass is 79.9. The van der Waals surface area contributed by atoms with Gasteiger partial charge in [0.15, 0.2) is 0 Å². The predicted molar refractivity (Wildman–Crippen MR) is 52.8 cm³/mol. The first-order chi connectivity index (χ1) is 6.27. The van der Waals surface area contributed by atoms with E-state index >= 15 is 0 Å². The minimum Gasteiger partial charge on any atom is -1.00 e. The smallest absolute Gasteiger partial charge is 0.125 e. The lowest BCUT2D eigenvalue weighted by atomic mass is 9.89. The molecule has 0 aliphatic carbocycles. The molecule has 2 rings (SSSR count). The average Bonchev–Trinajstić information content (AvgIpc) is 2.41. The number of hydrogen-bond acceptors (Lipinski definition) is 1. The number of ether oxygens (including phenoxy) is 1. The minimum atomic E-state index is 0. The molecule has 0 radical (unpaired) electrons. The first-order valence-corrected chi connectivity index (χ1v) is 5.31. The summed E-state index contributed by atoms with van der Waals surface area (Å²) in [4.78, 5) is 1.76. The summed E-state index contributed by atoms with van der Waals surface area (Å²) in [5, 5.41) is 0. The van der Waals surface area contributed by atoms with Crippen molar-refractivity contribution in [3.63, 3.8) is 0 Å². The summed E-state index contributed by atoms with van der Waals surface area (Å²) in [5.41, 5.74) is 0.388. The molecule has 82 valence electrons. The van der Waals surface area contributed by atoms with E-state index in [2.05, 4.69) is 19.6 Å². The Bertz CT molecular complexity index is 209. The molecule has 2 nitrogen and oxygen atoms in total. The molecule has 1 N–H and O–H groups in total. The minimum absolute atomic E-state index is 0. The number of quaternary nitrogens is 1. The van der Waals surface area contributed by atoms with Crippen LogP contribution in [0.15, 0.2) is 12.7 Å². The van der Waals surface area contributed by atoms with Crippen molar-refractivity contribution in [3.8, 4) is 0 Å². The Morgan fingerprint density at radius 1 is 1.64 bits per heavy atom. The van der Waals surface area contributed by atoms with Crippen LogP contribution in [-0.2, 0) is 4.74 Å². The summed E-state index contributed by atoms with van der Waals surface area (Å²) in [6, 6.07) is 0. The molecule has 0 aromatic carbocycles. The number of morpholine rings is 1. The summed E-state index contributed by atoms with van der Waals surface area (Å²) in [7, 11) is 0. The number of hydrogen-bond donors (Lipinski definition) is 1. The summed E-state index contributed by atoms with van der Waals surface area (Å²) >= 11 is 0. The fourth-order valence-corrected chi connectivity index (χ4v) is 3.07. The van der Waals surface area contributed by atoms with Crippen molar-refractivity contribution >= 4 is 0 Å². The molecule has 14 heavy (non-hydrogen) atoms. The third-order valence-corrected chi connectivity index (χ3v) is 3.55. The van der Waals surface area contributed by atoms with Crippen molar-refractivity contribution in [1.29, 1.82) is 0 Å². The van der Waals surface area contributed by atoms with E-state index in [1.165, 1.54) is 19.5 Å². The number of halogens is 1. The van der Waals surface area contributed by atoms with Crippen LogP contribution in [0.4, 0.5) is 0 Å². The van der Waals surface area contributed by atoms with Crippen molar-refractivity contribution in [3.05, 3.63) is 12.7 Å².